The molecule has 0 radical (unpaired) electrons. The van der Waals surface area contributed by atoms with Crippen molar-refractivity contribution in [2.45, 2.75) is 26.3 Å². The first-order valence-electron chi connectivity index (χ1n) is 7.28. The molecule has 2 rings (SSSR count). The van der Waals surface area contributed by atoms with Crippen LogP contribution in [0.5, 0.6) is 0 Å². The molecule has 0 aliphatic heterocycles. The van der Waals surface area contributed by atoms with Gasteiger partial charge in [0.05, 0.1) is 37.3 Å². The Morgan fingerprint density at radius 1 is 1.24 bits per heavy atom. The van der Waals surface area contributed by atoms with Crippen molar-refractivity contribution in [2.75, 3.05) is 26.9 Å². The molecule has 114 valence electrons. The number of imidazole rings is 1. The summed E-state index contributed by atoms with van der Waals surface area (Å²) in [7, 11) is 1.63. The molecule has 0 atom stereocenters. The van der Waals surface area contributed by atoms with Crippen molar-refractivity contribution >= 4 is 16.8 Å². The smallest absolute Gasteiger partial charge is 0.142 e. The third-order valence-electron chi connectivity index (χ3n) is 3.36. The molecule has 0 fully saturated rings. The average molecular weight is 290 g/mol. The van der Waals surface area contributed by atoms with Crippen molar-refractivity contribution in [3.8, 4) is 0 Å². The molecule has 0 amide bonds. The quantitative estimate of drug-likeness (QED) is 0.665. The summed E-state index contributed by atoms with van der Waals surface area (Å²) in [5.41, 5.74) is 2.03. The number of benzene rings is 1. The standard InChI is InChI=1S/C16H22N2O3/c1-3-18-15-7-5-4-6-14(15)17-16(18)12-13(19)8-9-21-11-10-20-2/h4-7H,3,8-12H2,1-2H3. The normalized spacial score (nSPS) is 11.1. The molecule has 0 aliphatic carbocycles. The van der Waals surface area contributed by atoms with Gasteiger partial charge in [0, 0.05) is 20.1 Å². The number of carbonyl (C=O) groups is 1. The summed E-state index contributed by atoms with van der Waals surface area (Å²) in [6.45, 7) is 4.40. The van der Waals surface area contributed by atoms with Crippen LogP contribution in [0.2, 0.25) is 0 Å². The first-order valence-corrected chi connectivity index (χ1v) is 7.28. The largest absolute Gasteiger partial charge is 0.382 e. The summed E-state index contributed by atoms with van der Waals surface area (Å²) in [5.74, 6) is 0.984. The van der Waals surface area contributed by atoms with Gasteiger partial charge in [-0.15, -0.1) is 0 Å². The number of rotatable bonds is 9. The lowest BCUT2D eigenvalue weighted by atomic mass is 10.2. The third-order valence-corrected chi connectivity index (χ3v) is 3.36. The summed E-state index contributed by atoms with van der Waals surface area (Å²) < 4.78 is 12.3. The first kappa shape index (κ1) is 15.7. The Morgan fingerprint density at radius 2 is 2.05 bits per heavy atom. The molecule has 1 aromatic heterocycles. The van der Waals surface area contributed by atoms with E-state index in [0.29, 0.717) is 32.7 Å². The van der Waals surface area contributed by atoms with Crippen molar-refractivity contribution in [3.63, 3.8) is 0 Å². The van der Waals surface area contributed by atoms with E-state index in [1.54, 1.807) is 7.11 Å². The number of carbonyl (C=O) groups excluding carboxylic acids is 1. The zero-order valence-electron chi connectivity index (χ0n) is 12.7. The second kappa shape index (κ2) is 7.90. The van der Waals surface area contributed by atoms with Crippen molar-refractivity contribution in [1.82, 2.24) is 9.55 Å². The molecule has 21 heavy (non-hydrogen) atoms. The highest BCUT2D eigenvalue weighted by Gasteiger charge is 2.12. The summed E-state index contributed by atoms with van der Waals surface area (Å²) >= 11 is 0. The highest BCUT2D eigenvalue weighted by molar-refractivity contribution is 5.82. The Hall–Kier alpha value is -1.72. The molecule has 0 N–H and O–H groups in total. The molecule has 1 aromatic carbocycles. The van der Waals surface area contributed by atoms with E-state index in [9.17, 15) is 4.79 Å². The fraction of sp³-hybridized carbons (Fsp3) is 0.500. The maximum atomic E-state index is 12.0. The van der Waals surface area contributed by atoms with Crippen molar-refractivity contribution < 1.29 is 14.3 Å². The Morgan fingerprint density at radius 3 is 2.81 bits per heavy atom. The van der Waals surface area contributed by atoms with Gasteiger partial charge in [0.1, 0.15) is 11.6 Å². The second-order valence-corrected chi connectivity index (χ2v) is 4.83. The van der Waals surface area contributed by atoms with Crippen molar-refractivity contribution in [3.05, 3.63) is 30.1 Å². The lowest BCUT2D eigenvalue weighted by molar-refractivity contribution is -0.119. The minimum Gasteiger partial charge on any atom is -0.382 e. The number of methoxy groups -OCH3 is 1. The van der Waals surface area contributed by atoms with Crippen LogP contribution in [0.3, 0.4) is 0 Å². The second-order valence-electron chi connectivity index (χ2n) is 4.83. The molecule has 0 unspecified atom stereocenters. The van der Waals surface area contributed by atoms with Crippen LogP contribution in [-0.4, -0.2) is 42.3 Å². The fourth-order valence-corrected chi connectivity index (χ4v) is 2.31. The molecule has 5 nitrogen and oxygen atoms in total. The van der Waals surface area contributed by atoms with Crippen molar-refractivity contribution in [2.24, 2.45) is 0 Å². The summed E-state index contributed by atoms with van der Waals surface area (Å²) in [6, 6.07) is 7.97. The topological polar surface area (TPSA) is 53.4 Å². The molecular formula is C16H22N2O3. The van der Waals surface area contributed by atoms with E-state index in [0.717, 1.165) is 23.4 Å². The zero-order chi connectivity index (χ0) is 15.1. The molecule has 2 aromatic rings. The van der Waals surface area contributed by atoms with Crippen LogP contribution >= 0.6 is 0 Å². The number of Topliss-reactive ketones (excluding diaryl/α,β-unsaturated/α-hetero) is 1. The van der Waals surface area contributed by atoms with Gasteiger partial charge >= 0.3 is 0 Å². The van der Waals surface area contributed by atoms with Crippen LogP contribution in [0.25, 0.3) is 11.0 Å². The van der Waals surface area contributed by atoms with Crippen LogP contribution < -0.4 is 0 Å². The predicted molar refractivity (Wildman–Crippen MR) is 81.4 cm³/mol. The van der Waals surface area contributed by atoms with E-state index in [1.165, 1.54) is 0 Å². The SMILES string of the molecule is CCn1c(CC(=O)CCOCCOC)nc2ccccc21. The number of hydrogen-bond acceptors (Lipinski definition) is 4. The highest BCUT2D eigenvalue weighted by atomic mass is 16.5. The van der Waals surface area contributed by atoms with E-state index in [-0.39, 0.29) is 5.78 Å². The van der Waals surface area contributed by atoms with Gasteiger partial charge in [-0.3, -0.25) is 4.79 Å². The number of fused-ring (bicyclic) bond motifs is 1. The molecule has 0 bridgehead atoms. The van der Waals surface area contributed by atoms with Gasteiger partial charge in [-0.1, -0.05) is 12.1 Å². The van der Waals surface area contributed by atoms with E-state index >= 15 is 0 Å². The molecular weight excluding hydrogens is 268 g/mol. The molecule has 0 aliphatic rings. The van der Waals surface area contributed by atoms with Crippen LogP contribution in [0.15, 0.2) is 24.3 Å². The molecule has 5 heteroatoms. The summed E-state index contributed by atoms with van der Waals surface area (Å²) in [5, 5.41) is 0. The van der Waals surface area contributed by atoms with E-state index in [2.05, 4.69) is 16.5 Å². The monoisotopic (exact) mass is 290 g/mol. The van der Waals surface area contributed by atoms with Crippen LogP contribution in [0, 0.1) is 0 Å². The number of aromatic nitrogens is 2. The van der Waals surface area contributed by atoms with Gasteiger partial charge in [0.15, 0.2) is 0 Å². The fourth-order valence-electron chi connectivity index (χ4n) is 2.31. The van der Waals surface area contributed by atoms with Gasteiger partial charge in [-0.25, -0.2) is 4.98 Å². The molecule has 0 spiro atoms. The maximum absolute atomic E-state index is 12.0. The highest BCUT2D eigenvalue weighted by Crippen LogP contribution is 2.16. The van der Waals surface area contributed by atoms with Gasteiger partial charge in [0.25, 0.3) is 0 Å². The number of para-hydroxylation sites is 2. The average Bonchev–Trinajstić information content (AvgIpc) is 2.84. The summed E-state index contributed by atoms with van der Waals surface area (Å²) in [4.78, 5) is 16.6. The van der Waals surface area contributed by atoms with Crippen molar-refractivity contribution in [1.29, 1.82) is 0 Å². The van der Waals surface area contributed by atoms with E-state index in [4.69, 9.17) is 9.47 Å². The lowest BCUT2D eigenvalue weighted by Gasteiger charge is -2.06. The van der Waals surface area contributed by atoms with Crippen LogP contribution in [0.4, 0.5) is 0 Å². The van der Waals surface area contributed by atoms with Gasteiger partial charge in [0.2, 0.25) is 0 Å². The Bertz CT molecular complexity index is 592. The minimum atomic E-state index is 0.150. The third kappa shape index (κ3) is 4.12. The summed E-state index contributed by atoms with van der Waals surface area (Å²) in [6.07, 6.45) is 0.771. The number of ether oxygens (including phenoxy) is 2. The van der Waals surface area contributed by atoms with Crippen LogP contribution in [0.1, 0.15) is 19.2 Å². The Kier molecular flexibility index (Phi) is 5.90. The molecule has 0 saturated carbocycles. The Labute approximate surface area is 124 Å². The maximum Gasteiger partial charge on any atom is 0.142 e. The molecule has 0 saturated heterocycles. The zero-order valence-corrected chi connectivity index (χ0v) is 12.7. The van der Waals surface area contributed by atoms with E-state index < -0.39 is 0 Å². The number of nitrogens with zero attached hydrogens (tertiary/aromatic N) is 2. The van der Waals surface area contributed by atoms with E-state index in [1.807, 2.05) is 24.3 Å². The molecule has 1 heterocycles. The first-order chi connectivity index (χ1) is 10.3. The van der Waals surface area contributed by atoms with Gasteiger partial charge < -0.3 is 14.0 Å². The van der Waals surface area contributed by atoms with Gasteiger partial charge in [-0.2, -0.15) is 0 Å². The predicted octanol–water partition coefficient (Wildman–Crippen LogP) is 2.22. The van der Waals surface area contributed by atoms with Crippen LogP contribution in [-0.2, 0) is 27.2 Å². The number of aryl methyl sites for hydroxylation is 1. The van der Waals surface area contributed by atoms with Gasteiger partial charge in [-0.05, 0) is 19.1 Å². The number of ketones is 1. The minimum absolute atomic E-state index is 0.150. The lowest BCUT2D eigenvalue weighted by Crippen LogP contribution is -2.12. The number of hydrogen-bond donors (Lipinski definition) is 0. The Balaban J connectivity index is 1.94.